The van der Waals surface area contributed by atoms with Crippen LogP contribution in [-0.2, 0) is 4.74 Å². The summed E-state index contributed by atoms with van der Waals surface area (Å²) in [6, 6.07) is 9.35. The Hall–Kier alpha value is -0.510. The zero-order chi connectivity index (χ0) is 15.0. The minimum absolute atomic E-state index is 0.0223. The normalized spacial score (nSPS) is 13.4. The maximum Gasteiger partial charge on any atom is 0.0630 e. The first-order chi connectivity index (χ1) is 9.48. The first kappa shape index (κ1) is 17.5. The van der Waals surface area contributed by atoms with E-state index in [1.807, 2.05) is 11.8 Å². The van der Waals surface area contributed by atoms with Crippen LogP contribution in [0.15, 0.2) is 29.2 Å². The van der Waals surface area contributed by atoms with Gasteiger partial charge in [0.05, 0.1) is 5.60 Å². The predicted molar refractivity (Wildman–Crippen MR) is 89.6 cm³/mol. The zero-order valence-corrected chi connectivity index (χ0v) is 14.3. The molecular formula is C17H29NOS. The maximum absolute atomic E-state index is 5.44. The lowest BCUT2D eigenvalue weighted by atomic mass is 10.1. The molecule has 0 saturated heterocycles. The average Bonchev–Trinajstić information content (AvgIpc) is 2.45. The molecule has 0 bridgehead atoms. The van der Waals surface area contributed by atoms with E-state index >= 15 is 0 Å². The summed E-state index contributed by atoms with van der Waals surface area (Å²) in [5, 5.41) is 3.52. The van der Waals surface area contributed by atoms with Gasteiger partial charge in [0.15, 0.2) is 0 Å². The van der Waals surface area contributed by atoms with Crippen LogP contribution in [0.3, 0.4) is 0 Å². The van der Waals surface area contributed by atoms with Gasteiger partial charge in [0.1, 0.15) is 0 Å². The van der Waals surface area contributed by atoms with Gasteiger partial charge in [-0.3, -0.25) is 0 Å². The monoisotopic (exact) mass is 295 g/mol. The third-order valence-corrected chi connectivity index (χ3v) is 4.62. The van der Waals surface area contributed by atoms with Crippen LogP contribution < -0.4 is 5.32 Å². The van der Waals surface area contributed by atoms with E-state index in [0.29, 0.717) is 6.04 Å². The Balaban J connectivity index is 2.42. The molecule has 1 unspecified atom stereocenters. The van der Waals surface area contributed by atoms with E-state index < -0.39 is 0 Å². The molecule has 0 heterocycles. The fourth-order valence-electron chi connectivity index (χ4n) is 1.85. The van der Waals surface area contributed by atoms with Gasteiger partial charge >= 0.3 is 0 Å². The smallest absolute Gasteiger partial charge is 0.0630 e. The van der Waals surface area contributed by atoms with E-state index in [4.69, 9.17) is 4.74 Å². The molecule has 0 aliphatic rings. The van der Waals surface area contributed by atoms with Crippen molar-refractivity contribution in [3.63, 3.8) is 0 Å². The number of hydrogen-bond acceptors (Lipinski definition) is 3. The molecular weight excluding hydrogens is 266 g/mol. The second-order valence-electron chi connectivity index (χ2n) is 5.81. The third kappa shape index (κ3) is 6.29. The Labute approximate surface area is 128 Å². The first-order valence-corrected chi connectivity index (χ1v) is 8.48. The standard InChI is InChI=1S/C17H29NOS/c1-6-12-18-14(2)15-7-9-16(10-8-15)20-13-11-17(3,4)19-5/h7-10,14,18H,6,11-13H2,1-5H3. The number of thioether (sulfide) groups is 1. The molecule has 114 valence electrons. The molecule has 0 saturated carbocycles. The Morgan fingerprint density at radius 1 is 1.25 bits per heavy atom. The van der Waals surface area contributed by atoms with E-state index in [-0.39, 0.29) is 5.60 Å². The number of rotatable bonds is 9. The van der Waals surface area contributed by atoms with Crippen LogP contribution in [0.1, 0.15) is 52.1 Å². The number of ether oxygens (including phenoxy) is 1. The fraction of sp³-hybridized carbons (Fsp3) is 0.647. The minimum atomic E-state index is -0.0223. The average molecular weight is 295 g/mol. The zero-order valence-electron chi connectivity index (χ0n) is 13.5. The van der Waals surface area contributed by atoms with E-state index in [1.165, 1.54) is 16.9 Å². The molecule has 2 nitrogen and oxygen atoms in total. The van der Waals surface area contributed by atoms with Crippen LogP contribution >= 0.6 is 11.8 Å². The topological polar surface area (TPSA) is 21.3 Å². The number of hydrogen-bond donors (Lipinski definition) is 1. The van der Waals surface area contributed by atoms with Crippen LogP contribution in [-0.4, -0.2) is 25.0 Å². The highest BCUT2D eigenvalue weighted by Gasteiger charge is 2.15. The summed E-state index contributed by atoms with van der Waals surface area (Å²) >= 11 is 1.90. The minimum Gasteiger partial charge on any atom is -0.379 e. The van der Waals surface area contributed by atoms with Crippen LogP contribution in [0, 0.1) is 0 Å². The molecule has 0 amide bonds. The lowest BCUT2D eigenvalue weighted by Crippen LogP contribution is -2.22. The van der Waals surface area contributed by atoms with Gasteiger partial charge < -0.3 is 10.1 Å². The Morgan fingerprint density at radius 3 is 2.45 bits per heavy atom. The SMILES string of the molecule is CCCNC(C)c1ccc(SCCC(C)(C)OC)cc1. The molecule has 0 aliphatic carbocycles. The number of nitrogens with one attached hydrogen (secondary N) is 1. The maximum atomic E-state index is 5.44. The molecule has 1 aromatic rings. The highest BCUT2D eigenvalue weighted by Crippen LogP contribution is 2.24. The van der Waals surface area contributed by atoms with Crippen molar-refractivity contribution >= 4 is 11.8 Å². The summed E-state index contributed by atoms with van der Waals surface area (Å²) in [7, 11) is 1.78. The molecule has 20 heavy (non-hydrogen) atoms. The molecule has 0 spiro atoms. The molecule has 1 aromatic carbocycles. The highest BCUT2D eigenvalue weighted by molar-refractivity contribution is 7.99. The first-order valence-electron chi connectivity index (χ1n) is 7.50. The summed E-state index contributed by atoms with van der Waals surface area (Å²) in [5.41, 5.74) is 1.34. The summed E-state index contributed by atoms with van der Waals surface area (Å²) in [6.07, 6.45) is 2.23. The lowest BCUT2D eigenvalue weighted by molar-refractivity contribution is 0.0207. The second kappa shape index (κ2) is 8.71. The second-order valence-corrected chi connectivity index (χ2v) is 6.98. The summed E-state index contributed by atoms with van der Waals surface area (Å²) in [4.78, 5) is 1.34. The van der Waals surface area contributed by atoms with E-state index in [0.717, 1.165) is 18.7 Å². The molecule has 1 atom stereocenters. The van der Waals surface area contributed by atoms with Gasteiger partial charge in [-0.2, -0.15) is 0 Å². The van der Waals surface area contributed by atoms with Crippen LogP contribution in [0.5, 0.6) is 0 Å². The number of benzene rings is 1. The van der Waals surface area contributed by atoms with Crippen molar-refractivity contribution < 1.29 is 4.74 Å². The largest absolute Gasteiger partial charge is 0.379 e. The van der Waals surface area contributed by atoms with Crippen molar-refractivity contribution in [1.82, 2.24) is 5.32 Å². The third-order valence-electron chi connectivity index (χ3n) is 3.61. The van der Waals surface area contributed by atoms with Gasteiger partial charge in [-0.25, -0.2) is 0 Å². The highest BCUT2D eigenvalue weighted by atomic mass is 32.2. The Kier molecular flexibility index (Phi) is 7.63. The molecule has 0 radical (unpaired) electrons. The van der Waals surface area contributed by atoms with Gasteiger partial charge in [0.2, 0.25) is 0 Å². The molecule has 3 heteroatoms. The molecule has 0 aliphatic heterocycles. The quantitative estimate of drug-likeness (QED) is 0.670. The van der Waals surface area contributed by atoms with Crippen LogP contribution in [0.25, 0.3) is 0 Å². The van der Waals surface area contributed by atoms with Gasteiger partial charge in [-0.15, -0.1) is 11.8 Å². The van der Waals surface area contributed by atoms with E-state index in [9.17, 15) is 0 Å². The predicted octanol–water partition coefficient (Wildman–Crippen LogP) is 4.65. The van der Waals surface area contributed by atoms with Crippen LogP contribution in [0.4, 0.5) is 0 Å². The van der Waals surface area contributed by atoms with Crippen molar-refractivity contribution in [3.8, 4) is 0 Å². The molecule has 0 aromatic heterocycles. The lowest BCUT2D eigenvalue weighted by Gasteiger charge is -2.22. The molecule has 1 N–H and O–H groups in total. The van der Waals surface area contributed by atoms with Crippen molar-refractivity contribution in [2.24, 2.45) is 0 Å². The van der Waals surface area contributed by atoms with Crippen molar-refractivity contribution in [3.05, 3.63) is 29.8 Å². The Morgan fingerprint density at radius 2 is 1.90 bits per heavy atom. The fourth-order valence-corrected chi connectivity index (χ4v) is 3.01. The summed E-state index contributed by atoms with van der Waals surface area (Å²) < 4.78 is 5.44. The van der Waals surface area contributed by atoms with Crippen molar-refractivity contribution in [1.29, 1.82) is 0 Å². The van der Waals surface area contributed by atoms with Crippen molar-refractivity contribution in [2.45, 2.75) is 57.1 Å². The summed E-state index contributed by atoms with van der Waals surface area (Å²) in [5.74, 6) is 1.09. The van der Waals surface area contributed by atoms with E-state index in [2.05, 4.69) is 57.3 Å². The van der Waals surface area contributed by atoms with E-state index in [1.54, 1.807) is 7.11 Å². The van der Waals surface area contributed by atoms with Crippen molar-refractivity contribution in [2.75, 3.05) is 19.4 Å². The Bertz CT molecular complexity index is 375. The van der Waals surface area contributed by atoms with Gasteiger partial charge in [0.25, 0.3) is 0 Å². The van der Waals surface area contributed by atoms with Gasteiger partial charge in [-0.05, 0) is 57.9 Å². The molecule has 1 rings (SSSR count). The van der Waals surface area contributed by atoms with Gasteiger partial charge in [-0.1, -0.05) is 19.1 Å². The van der Waals surface area contributed by atoms with Crippen LogP contribution in [0.2, 0.25) is 0 Å². The van der Waals surface area contributed by atoms with Gasteiger partial charge in [0, 0.05) is 23.8 Å². The molecule has 0 fully saturated rings. The summed E-state index contributed by atoms with van der Waals surface area (Å²) in [6.45, 7) is 9.76. The number of methoxy groups -OCH3 is 1.